The van der Waals surface area contributed by atoms with E-state index in [-0.39, 0.29) is 0 Å². The minimum atomic E-state index is 0.583. The van der Waals surface area contributed by atoms with Crippen molar-refractivity contribution in [2.24, 2.45) is 5.92 Å². The molecule has 0 heterocycles. The lowest BCUT2D eigenvalue weighted by Crippen LogP contribution is -2.28. The van der Waals surface area contributed by atoms with Crippen LogP contribution in [0.25, 0.3) is 0 Å². The molecule has 2 unspecified atom stereocenters. The number of rotatable bonds is 3. The lowest BCUT2D eigenvalue weighted by Gasteiger charge is -2.27. The van der Waals surface area contributed by atoms with E-state index in [2.05, 4.69) is 22.6 Å². The summed E-state index contributed by atoms with van der Waals surface area (Å²) >= 11 is 2.56. The Kier molecular flexibility index (Phi) is 3.29. The van der Waals surface area contributed by atoms with Gasteiger partial charge in [0.25, 0.3) is 0 Å². The Hall–Kier alpha value is 0.690. The molecule has 0 aromatic carbocycles. The predicted octanol–water partition coefficient (Wildman–Crippen LogP) is 3.16. The van der Waals surface area contributed by atoms with Crippen LogP contribution in [0.2, 0.25) is 0 Å². The van der Waals surface area contributed by atoms with Crippen LogP contribution >= 0.6 is 22.6 Å². The zero-order valence-corrected chi connectivity index (χ0v) is 9.63. The summed E-state index contributed by atoms with van der Waals surface area (Å²) in [6.07, 6.45) is 8.89. The van der Waals surface area contributed by atoms with Gasteiger partial charge in [0.2, 0.25) is 0 Å². The van der Waals surface area contributed by atoms with E-state index in [1.165, 1.54) is 38.5 Å². The second-order valence-electron chi connectivity index (χ2n) is 4.12. The lowest BCUT2D eigenvalue weighted by molar-refractivity contribution is 0.0299. The average molecular weight is 280 g/mol. The maximum Gasteiger partial charge on any atom is 0.0692 e. The first kappa shape index (κ1) is 9.25. The van der Waals surface area contributed by atoms with Crippen LogP contribution in [-0.4, -0.2) is 16.6 Å². The number of hydrogen-bond acceptors (Lipinski definition) is 1. The highest BCUT2D eigenvalue weighted by atomic mass is 127. The van der Waals surface area contributed by atoms with Gasteiger partial charge in [0.1, 0.15) is 0 Å². The molecular formula is C10H17IO. The largest absolute Gasteiger partial charge is 0.377 e. The van der Waals surface area contributed by atoms with E-state index in [0.717, 1.165) is 16.4 Å². The highest BCUT2D eigenvalue weighted by molar-refractivity contribution is 14.1. The monoisotopic (exact) mass is 280 g/mol. The molecule has 0 bridgehead atoms. The van der Waals surface area contributed by atoms with Crippen LogP contribution in [-0.2, 0) is 4.74 Å². The van der Waals surface area contributed by atoms with Gasteiger partial charge < -0.3 is 4.74 Å². The third kappa shape index (κ3) is 2.59. The fourth-order valence-corrected chi connectivity index (χ4v) is 2.79. The van der Waals surface area contributed by atoms with Crippen LogP contribution in [0.4, 0.5) is 0 Å². The molecule has 0 spiro atoms. The maximum absolute atomic E-state index is 5.91. The third-order valence-corrected chi connectivity index (χ3v) is 4.29. The predicted molar refractivity (Wildman–Crippen MR) is 58.7 cm³/mol. The molecule has 0 aromatic rings. The van der Waals surface area contributed by atoms with Gasteiger partial charge in [0, 0.05) is 10.5 Å². The molecule has 0 aliphatic heterocycles. The highest BCUT2D eigenvalue weighted by Crippen LogP contribution is 2.32. The van der Waals surface area contributed by atoms with Gasteiger partial charge in [-0.25, -0.2) is 0 Å². The van der Waals surface area contributed by atoms with Crippen LogP contribution in [0.3, 0.4) is 0 Å². The first-order valence-corrected chi connectivity index (χ1v) is 6.36. The molecule has 2 rings (SSSR count). The summed E-state index contributed by atoms with van der Waals surface area (Å²) in [5.41, 5.74) is 0. The molecule has 1 nitrogen and oxygen atoms in total. The van der Waals surface area contributed by atoms with Gasteiger partial charge in [0.15, 0.2) is 0 Å². The molecule has 12 heavy (non-hydrogen) atoms. The number of ether oxygens (including phenoxy) is 1. The molecule has 2 aliphatic rings. The highest BCUT2D eigenvalue weighted by Gasteiger charge is 2.27. The Bertz CT molecular complexity index is 145. The molecular weight excluding hydrogens is 263 g/mol. The Balaban J connectivity index is 1.68. The van der Waals surface area contributed by atoms with Crippen LogP contribution in [0, 0.1) is 5.92 Å². The topological polar surface area (TPSA) is 9.23 Å². The molecule has 0 amide bonds. The molecule has 2 fully saturated rings. The van der Waals surface area contributed by atoms with Crippen molar-refractivity contribution in [1.29, 1.82) is 0 Å². The maximum atomic E-state index is 5.91. The minimum Gasteiger partial charge on any atom is -0.377 e. The molecule has 0 saturated heterocycles. The van der Waals surface area contributed by atoms with Crippen LogP contribution < -0.4 is 0 Å². The fourth-order valence-electron chi connectivity index (χ4n) is 1.78. The van der Waals surface area contributed by atoms with E-state index in [0.29, 0.717) is 6.10 Å². The molecule has 2 heteroatoms. The lowest BCUT2D eigenvalue weighted by atomic mass is 9.98. The molecule has 0 aromatic heterocycles. The van der Waals surface area contributed by atoms with E-state index in [1.54, 1.807) is 0 Å². The summed E-state index contributed by atoms with van der Waals surface area (Å²) < 4.78 is 6.70. The van der Waals surface area contributed by atoms with Gasteiger partial charge in [-0.1, -0.05) is 35.4 Å². The van der Waals surface area contributed by atoms with Crippen molar-refractivity contribution in [2.45, 2.75) is 48.6 Å². The molecule has 2 atom stereocenters. The number of halogens is 1. The van der Waals surface area contributed by atoms with Crippen molar-refractivity contribution in [3.8, 4) is 0 Å². The number of hydrogen-bond donors (Lipinski definition) is 0. The molecule has 2 aliphatic carbocycles. The van der Waals surface area contributed by atoms with Crippen LogP contribution in [0.15, 0.2) is 0 Å². The summed E-state index contributed by atoms with van der Waals surface area (Å²) in [4.78, 5) is 0. The summed E-state index contributed by atoms with van der Waals surface area (Å²) in [6.45, 7) is 1.05. The average Bonchev–Trinajstić information content (AvgIpc) is 2.86. The van der Waals surface area contributed by atoms with E-state index in [4.69, 9.17) is 4.74 Å². The van der Waals surface area contributed by atoms with Crippen molar-refractivity contribution < 1.29 is 4.74 Å². The molecule has 0 radical (unpaired) electrons. The van der Waals surface area contributed by atoms with Crippen molar-refractivity contribution in [3.05, 3.63) is 0 Å². The van der Waals surface area contributed by atoms with E-state index in [1.807, 2.05) is 0 Å². The van der Waals surface area contributed by atoms with Crippen molar-refractivity contribution in [2.75, 3.05) is 6.61 Å². The van der Waals surface area contributed by atoms with Crippen molar-refractivity contribution in [1.82, 2.24) is 0 Å². The van der Waals surface area contributed by atoms with Gasteiger partial charge in [-0.2, -0.15) is 0 Å². The minimum absolute atomic E-state index is 0.583. The van der Waals surface area contributed by atoms with E-state index in [9.17, 15) is 0 Å². The Morgan fingerprint density at radius 2 is 1.83 bits per heavy atom. The molecule has 2 saturated carbocycles. The van der Waals surface area contributed by atoms with Gasteiger partial charge in [0.05, 0.1) is 6.10 Å². The van der Waals surface area contributed by atoms with Crippen LogP contribution in [0.1, 0.15) is 38.5 Å². The fraction of sp³-hybridized carbons (Fsp3) is 1.00. The normalized spacial score (nSPS) is 36.8. The third-order valence-electron chi connectivity index (χ3n) is 2.86. The van der Waals surface area contributed by atoms with Crippen LogP contribution in [0.5, 0.6) is 0 Å². The van der Waals surface area contributed by atoms with Gasteiger partial charge in [-0.15, -0.1) is 0 Å². The van der Waals surface area contributed by atoms with Gasteiger partial charge >= 0.3 is 0 Å². The Labute approximate surface area is 88.4 Å². The molecule has 70 valence electrons. The van der Waals surface area contributed by atoms with E-state index >= 15 is 0 Å². The Morgan fingerprint density at radius 1 is 1.08 bits per heavy atom. The summed E-state index contributed by atoms with van der Waals surface area (Å²) in [6, 6.07) is 0. The SMILES string of the molecule is IC1CCCCC1OCC1CC1. The first-order valence-electron chi connectivity index (χ1n) is 5.12. The summed E-state index contributed by atoms with van der Waals surface area (Å²) in [5, 5.41) is 0. The summed E-state index contributed by atoms with van der Waals surface area (Å²) in [5.74, 6) is 0.926. The second kappa shape index (κ2) is 4.27. The first-order chi connectivity index (χ1) is 5.86. The zero-order chi connectivity index (χ0) is 8.39. The van der Waals surface area contributed by atoms with Crippen molar-refractivity contribution in [3.63, 3.8) is 0 Å². The standard InChI is InChI=1S/C10H17IO/c11-9-3-1-2-4-10(9)12-7-8-5-6-8/h8-10H,1-7H2. The molecule has 0 N–H and O–H groups in total. The summed E-state index contributed by atoms with van der Waals surface area (Å²) in [7, 11) is 0. The van der Waals surface area contributed by atoms with E-state index < -0.39 is 0 Å². The second-order valence-corrected chi connectivity index (χ2v) is 5.72. The smallest absolute Gasteiger partial charge is 0.0692 e. The quantitative estimate of drug-likeness (QED) is 0.570. The Morgan fingerprint density at radius 3 is 2.50 bits per heavy atom. The van der Waals surface area contributed by atoms with Gasteiger partial charge in [-0.3, -0.25) is 0 Å². The number of alkyl halides is 1. The zero-order valence-electron chi connectivity index (χ0n) is 7.47. The van der Waals surface area contributed by atoms with Gasteiger partial charge in [-0.05, 0) is 31.6 Å². The van der Waals surface area contributed by atoms with Crippen molar-refractivity contribution >= 4 is 22.6 Å².